The average Bonchev–Trinajstić information content (AvgIpc) is 2.55. The summed E-state index contributed by atoms with van der Waals surface area (Å²) >= 11 is 0. The smallest absolute Gasteiger partial charge is 0.146 e. The number of carbonyl (C=O) groups excluding carboxylic acids is 1. The molecule has 0 aromatic rings. The largest absolute Gasteiger partial charge is 0.369 e. The van der Waals surface area contributed by atoms with Crippen molar-refractivity contribution < 1.29 is 9.53 Å². The van der Waals surface area contributed by atoms with Crippen molar-refractivity contribution in [3.05, 3.63) is 0 Å². The Morgan fingerprint density at radius 1 is 1.10 bits per heavy atom. The molecule has 3 heteroatoms. The van der Waals surface area contributed by atoms with Crippen molar-refractivity contribution in [2.24, 2.45) is 17.1 Å². The second-order valence-corrected chi connectivity index (χ2v) is 7.98. The fourth-order valence-electron chi connectivity index (χ4n) is 4.30. The number of hydrogen-bond donors (Lipinski definition) is 1. The zero-order valence-electron chi connectivity index (χ0n) is 13.6. The number of ether oxygens (including phenoxy) is 1. The Kier molecular flexibility index (Phi) is 4.32. The van der Waals surface area contributed by atoms with Crippen LogP contribution in [0.25, 0.3) is 0 Å². The van der Waals surface area contributed by atoms with Gasteiger partial charge in [0, 0.05) is 17.9 Å². The molecular formula is C17H31NO2. The Labute approximate surface area is 123 Å². The first-order valence-electron chi connectivity index (χ1n) is 8.17. The third-order valence-electron chi connectivity index (χ3n) is 5.36. The van der Waals surface area contributed by atoms with E-state index in [1.807, 2.05) is 0 Å². The second-order valence-electron chi connectivity index (χ2n) is 7.98. The molecule has 2 aliphatic rings. The minimum Gasteiger partial charge on any atom is -0.369 e. The lowest BCUT2D eigenvalue weighted by molar-refractivity contribution is -0.139. The lowest BCUT2D eigenvalue weighted by Crippen LogP contribution is -2.46. The minimum atomic E-state index is -0.366. The molecule has 20 heavy (non-hydrogen) atoms. The van der Waals surface area contributed by atoms with Gasteiger partial charge in [0.2, 0.25) is 0 Å². The molecule has 2 N–H and O–H groups in total. The van der Waals surface area contributed by atoms with Crippen LogP contribution >= 0.6 is 0 Å². The van der Waals surface area contributed by atoms with Crippen molar-refractivity contribution in [1.29, 1.82) is 0 Å². The molecule has 0 amide bonds. The van der Waals surface area contributed by atoms with E-state index in [0.717, 1.165) is 32.1 Å². The molecule has 116 valence electrons. The van der Waals surface area contributed by atoms with Crippen LogP contribution in [-0.2, 0) is 9.53 Å². The van der Waals surface area contributed by atoms with Crippen molar-refractivity contribution >= 4 is 5.78 Å². The van der Waals surface area contributed by atoms with Crippen LogP contribution in [0.15, 0.2) is 0 Å². The highest BCUT2D eigenvalue weighted by molar-refractivity contribution is 5.88. The third-order valence-corrected chi connectivity index (χ3v) is 5.36. The molecule has 1 aliphatic carbocycles. The topological polar surface area (TPSA) is 52.3 Å². The number of Topliss-reactive ketones (excluding diaryl/α,β-unsaturated/α-hetero) is 1. The number of hydrogen-bond acceptors (Lipinski definition) is 3. The molecule has 2 rings (SSSR count). The summed E-state index contributed by atoms with van der Waals surface area (Å²) in [5, 5.41) is 0. The lowest BCUT2D eigenvalue weighted by atomic mass is 9.68. The maximum absolute atomic E-state index is 13.2. The van der Waals surface area contributed by atoms with E-state index in [2.05, 4.69) is 27.7 Å². The minimum absolute atomic E-state index is 0.0147. The normalized spacial score (nSPS) is 31.8. The highest BCUT2D eigenvalue weighted by atomic mass is 16.5. The molecular weight excluding hydrogens is 250 g/mol. The van der Waals surface area contributed by atoms with Crippen LogP contribution in [0.4, 0.5) is 0 Å². The molecule has 0 bridgehead atoms. The first-order chi connectivity index (χ1) is 9.22. The molecule has 1 atom stereocenters. The summed E-state index contributed by atoms with van der Waals surface area (Å²) in [7, 11) is 0. The van der Waals surface area contributed by atoms with E-state index in [0.29, 0.717) is 12.3 Å². The standard InChI is InChI=1S/C17H31NO2/c1-15(2)11-13(16(3,4)20-15)14(19)17(12-18)9-7-5-6-8-10-17/h13H,5-12,18H2,1-4H3. The van der Waals surface area contributed by atoms with E-state index in [9.17, 15) is 4.79 Å². The summed E-state index contributed by atoms with van der Waals surface area (Å²) in [5.74, 6) is 0.358. The van der Waals surface area contributed by atoms with Gasteiger partial charge in [-0.15, -0.1) is 0 Å². The summed E-state index contributed by atoms with van der Waals surface area (Å²) in [6.07, 6.45) is 7.52. The van der Waals surface area contributed by atoms with Gasteiger partial charge in [-0.3, -0.25) is 4.79 Å². The van der Waals surface area contributed by atoms with Gasteiger partial charge in [-0.2, -0.15) is 0 Å². The predicted molar refractivity (Wildman–Crippen MR) is 81.5 cm³/mol. The Hall–Kier alpha value is -0.410. The Morgan fingerprint density at radius 2 is 1.65 bits per heavy atom. The van der Waals surface area contributed by atoms with E-state index in [1.54, 1.807) is 0 Å². The van der Waals surface area contributed by atoms with Crippen LogP contribution in [0.1, 0.15) is 72.6 Å². The fraction of sp³-hybridized carbons (Fsp3) is 0.941. The molecule has 2 fully saturated rings. The maximum Gasteiger partial charge on any atom is 0.146 e. The molecule has 1 unspecified atom stereocenters. The first-order valence-corrected chi connectivity index (χ1v) is 8.17. The van der Waals surface area contributed by atoms with Gasteiger partial charge in [-0.1, -0.05) is 25.7 Å². The van der Waals surface area contributed by atoms with Crippen molar-refractivity contribution in [2.45, 2.75) is 83.8 Å². The molecule has 0 aromatic carbocycles. The van der Waals surface area contributed by atoms with E-state index in [4.69, 9.17) is 10.5 Å². The van der Waals surface area contributed by atoms with Crippen molar-refractivity contribution in [2.75, 3.05) is 6.54 Å². The first kappa shape index (κ1) is 16.0. The number of rotatable bonds is 3. The summed E-state index contributed by atoms with van der Waals surface area (Å²) in [4.78, 5) is 13.2. The van der Waals surface area contributed by atoms with Crippen molar-refractivity contribution in [3.63, 3.8) is 0 Å². The van der Waals surface area contributed by atoms with Crippen LogP contribution in [0, 0.1) is 11.3 Å². The van der Waals surface area contributed by atoms with Gasteiger partial charge >= 0.3 is 0 Å². The molecule has 3 nitrogen and oxygen atoms in total. The van der Waals surface area contributed by atoms with Crippen LogP contribution in [-0.4, -0.2) is 23.5 Å². The molecule has 1 saturated carbocycles. The Morgan fingerprint density at radius 3 is 2.05 bits per heavy atom. The zero-order valence-corrected chi connectivity index (χ0v) is 13.6. The van der Waals surface area contributed by atoms with E-state index in [-0.39, 0.29) is 22.5 Å². The van der Waals surface area contributed by atoms with Gasteiger partial charge < -0.3 is 10.5 Å². The van der Waals surface area contributed by atoms with Gasteiger partial charge in [-0.05, 0) is 47.0 Å². The highest BCUT2D eigenvalue weighted by Crippen LogP contribution is 2.47. The van der Waals surface area contributed by atoms with Crippen molar-refractivity contribution in [1.82, 2.24) is 0 Å². The number of ketones is 1. The van der Waals surface area contributed by atoms with Gasteiger partial charge in [0.15, 0.2) is 0 Å². The summed E-state index contributed by atoms with van der Waals surface area (Å²) in [5.41, 5.74) is 5.21. The number of nitrogens with two attached hydrogens (primary N) is 1. The fourth-order valence-corrected chi connectivity index (χ4v) is 4.30. The number of carbonyl (C=O) groups is 1. The van der Waals surface area contributed by atoms with Gasteiger partial charge in [0.05, 0.1) is 11.2 Å². The maximum atomic E-state index is 13.2. The van der Waals surface area contributed by atoms with Gasteiger partial charge in [0.1, 0.15) is 5.78 Å². The summed E-state index contributed by atoms with van der Waals surface area (Å²) < 4.78 is 6.12. The lowest BCUT2D eigenvalue weighted by Gasteiger charge is -2.36. The van der Waals surface area contributed by atoms with Gasteiger partial charge in [0.25, 0.3) is 0 Å². The molecule has 0 radical (unpaired) electrons. The van der Waals surface area contributed by atoms with Crippen LogP contribution in [0.3, 0.4) is 0 Å². The molecule has 1 saturated heterocycles. The van der Waals surface area contributed by atoms with E-state index in [1.165, 1.54) is 12.8 Å². The predicted octanol–water partition coefficient (Wildman–Crippen LogP) is 3.45. The zero-order chi connectivity index (χ0) is 15.0. The molecule has 1 heterocycles. The van der Waals surface area contributed by atoms with E-state index < -0.39 is 0 Å². The summed E-state index contributed by atoms with van der Waals surface area (Å²) in [6.45, 7) is 8.80. The third kappa shape index (κ3) is 2.94. The molecule has 0 spiro atoms. The van der Waals surface area contributed by atoms with Crippen LogP contribution in [0.2, 0.25) is 0 Å². The molecule has 1 aliphatic heterocycles. The van der Waals surface area contributed by atoms with Crippen molar-refractivity contribution in [3.8, 4) is 0 Å². The van der Waals surface area contributed by atoms with Crippen LogP contribution < -0.4 is 5.73 Å². The van der Waals surface area contributed by atoms with E-state index >= 15 is 0 Å². The molecule has 0 aromatic heterocycles. The van der Waals surface area contributed by atoms with Crippen LogP contribution in [0.5, 0.6) is 0 Å². The average molecular weight is 281 g/mol. The SMILES string of the molecule is CC1(C)CC(C(=O)C2(CN)CCCCCC2)C(C)(C)O1. The quantitative estimate of drug-likeness (QED) is 0.806. The monoisotopic (exact) mass is 281 g/mol. The second kappa shape index (κ2) is 5.42. The Bertz CT molecular complexity index is 365. The van der Waals surface area contributed by atoms with Gasteiger partial charge in [-0.25, -0.2) is 0 Å². The Balaban J connectivity index is 2.24. The highest BCUT2D eigenvalue weighted by Gasteiger charge is 2.53. The summed E-state index contributed by atoms with van der Waals surface area (Å²) in [6, 6.07) is 0.